The summed E-state index contributed by atoms with van der Waals surface area (Å²) in [6.45, 7) is 2.47. The molecule has 0 spiro atoms. The van der Waals surface area contributed by atoms with E-state index in [2.05, 4.69) is 5.32 Å². The number of rotatable bonds is 6. The van der Waals surface area contributed by atoms with Crippen LogP contribution in [0.1, 0.15) is 23.7 Å². The lowest BCUT2D eigenvalue weighted by molar-refractivity contribution is -0.121. The predicted molar refractivity (Wildman–Crippen MR) is 60.6 cm³/mol. The topological polar surface area (TPSA) is 55.4 Å². The number of carbonyl (C=O) groups is 2. The van der Waals surface area contributed by atoms with E-state index < -0.39 is 5.82 Å². The standard InChI is InChI=1S/C12H14FNO3/c1-2-14-12(16)5-6-17-11-4-3-9(8-15)7-10(11)13/h3-4,7-8H,2,5-6H2,1H3,(H,14,16). The highest BCUT2D eigenvalue weighted by Crippen LogP contribution is 2.17. The minimum Gasteiger partial charge on any atom is -0.490 e. The van der Waals surface area contributed by atoms with Gasteiger partial charge in [-0.1, -0.05) is 0 Å². The number of nitrogens with one attached hydrogen (secondary N) is 1. The first-order valence-electron chi connectivity index (χ1n) is 5.31. The molecule has 1 aromatic carbocycles. The maximum atomic E-state index is 13.3. The molecule has 0 saturated carbocycles. The van der Waals surface area contributed by atoms with Crippen LogP contribution < -0.4 is 10.1 Å². The molecule has 0 bridgehead atoms. The van der Waals surface area contributed by atoms with Crippen molar-refractivity contribution in [1.29, 1.82) is 0 Å². The lowest BCUT2D eigenvalue weighted by Crippen LogP contribution is -2.24. The predicted octanol–water partition coefficient (Wildman–Crippen LogP) is 1.54. The van der Waals surface area contributed by atoms with Crippen molar-refractivity contribution in [3.8, 4) is 5.75 Å². The van der Waals surface area contributed by atoms with E-state index in [1.165, 1.54) is 12.1 Å². The summed E-state index contributed by atoms with van der Waals surface area (Å²) in [5.41, 5.74) is 0.249. The van der Waals surface area contributed by atoms with Crippen LogP contribution in [0, 0.1) is 5.82 Å². The van der Waals surface area contributed by atoms with Gasteiger partial charge in [0, 0.05) is 12.1 Å². The summed E-state index contributed by atoms with van der Waals surface area (Å²) in [6, 6.07) is 3.92. The highest BCUT2D eigenvalue weighted by atomic mass is 19.1. The van der Waals surface area contributed by atoms with Gasteiger partial charge in [-0.25, -0.2) is 4.39 Å². The van der Waals surface area contributed by atoms with Crippen LogP contribution in [-0.2, 0) is 4.79 Å². The molecule has 0 unspecified atom stereocenters. The Balaban J connectivity index is 2.47. The molecule has 4 nitrogen and oxygen atoms in total. The molecule has 0 aliphatic rings. The van der Waals surface area contributed by atoms with Crippen LogP contribution in [0.2, 0.25) is 0 Å². The van der Waals surface area contributed by atoms with Crippen molar-refractivity contribution in [3.05, 3.63) is 29.6 Å². The number of benzene rings is 1. The smallest absolute Gasteiger partial charge is 0.223 e. The quantitative estimate of drug-likeness (QED) is 0.766. The Morgan fingerprint density at radius 3 is 2.88 bits per heavy atom. The van der Waals surface area contributed by atoms with Crippen LogP contribution in [-0.4, -0.2) is 25.3 Å². The van der Waals surface area contributed by atoms with Crippen molar-refractivity contribution >= 4 is 12.2 Å². The van der Waals surface area contributed by atoms with E-state index >= 15 is 0 Å². The molecule has 92 valence electrons. The molecular formula is C12H14FNO3. The zero-order valence-electron chi connectivity index (χ0n) is 9.53. The Bertz CT molecular complexity index is 407. The first-order valence-corrected chi connectivity index (χ1v) is 5.31. The second-order valence-electron chi connectivity index (χ2n) is 3.36. The summed E-state index contributed by atoms with van der Waals surface area (Å²) in [4.78, 5) is 21.5. The molecule has 1 N–H and O–H groups in total. The Labute approximate surface area is 98.8 Å². The average molecular weight is 239 g/mol. The molecule has 0 radical (unpaired) electrons. The van der Waals surface area contributed by atoms with Crippen molar-refractivity contribution in [2.24, 2.45) is 0 Å². The SMILES string of the molecule is CCNC(=O)CCOc1ccc(C=O)cc1F. The lowest BCUT2D eigenvalue weighted by Gasteiger charge is -2.07. The zero-order chi connectivity index (χ0) is 12.7. The first-order chi connectivity index (χ1) is 8.17. The number of aldehydes is 1. The maximum absolute atomic E-state index is 13.3. The van der Waals surface area contributed by atoms with Gasteiger partial charge in [0.05, 0.1) is 13.0 Å². The molecule has 0 aliphatic carbocycles. The molecule has 0 saturated heterocycles. The molecule has 0 atom stereocenters. The van der Waals surface area contributed by atoms with Gasteiger partial charge in [0.1, 0.15) is 6.29 Å². The van der Waals surface area contributed by atoms with Crippen molar-refractivity contribution in [3.63, 3.8) is 0 Å². The third-order valence-corrected chi connectivity index (χ3v) is 2.05. The van der Waals surface area contributed by atoms with Crippen LogP contribution in [0.4, 0.5) is 4.39 Å². The minimum absolute atomic E-state index is 0.0416. The second-order valence-corrected chi connectivity index (χ2v) is 3.36. The summed E-state index contributed by atoms with van der Waals surface area (Å²) in [5.74, 6) is -0.706. The lowest BCUT2D eigenvalue weighted by atomic mass is 10.2. The Kier molecular flexibility index (Phi) is 5.13. The Morgan fingerprint density at radius 2 is 2.29 bits per heavy atom. The fourth-order valence-corrected chi connectivity index (χ4v) is 1.25. The van der Waals surface area contributed by atoms with Crippen LogP contribution in [0.5, 0.6) is 5.75 Å². The van der Waals surface area contributed by atoms with Gasteiger partial charge in [0.15, 0.2) is 11.6 Å². The van der Waals surface area contributed by atoms with E-state index in [0.717, 1.165) is 6.07 Å². The Hall–Kier alpha value is -1.91. The van der Waals surface area contributed by atoms with Gasteiger partial charge >= 0.3 is 0 Å². The molecule has 0 heterocycles. The summed E-state index contributed by atoms with van der Waals surface area (Å²) in [5, 5.41) is 2.61. The number of hydrogen-bond acceptors (Lipinski definition) is 3. The zero-order valence-corrected chi connectivity index (χ0v) is 9.53. The van der Waals surface area contributed by atoms with Gasteiger partial charge in [-0.3, -0.25) is 9.59 Å². The van der Waals surface area contributed by atoms with Crippen molar-refractivity contribution < 1.29 is 18.7 Å². The number of amides is 1. The van der Waals surface area contributed by atoms with E-state index in [0.29, 0.717) is 12.8 Å². The fourth-order valence-electron chi connectivity index (χ4n) is 1.25. The molecule has 5 heteroatoms. The Morgan fingerprint density at radius 1 is 1.53 bits per heavy atom. The van der Waals surface area contributed by atoms with Crippen LogP contribution in [0.3, 0.4) is 0 Å². The molecule has 1 amide bonds. The second kappa shape index (κ2) is 6.62. The summed E-state index contributed by atoms with van der Waals surface area (Å²) in [6.07, 6.45) is 0.726. The van der Waals surface area contributed by atoms with Gasteiger partial charge in [0.25, 0.3) is 0 Å². The third kappa shape index (κ3) is 4.22. The highest BCUT2D eigenvalue weighted by molar-refractivity contribution is 5.76. The monoisotopic (exact) mass is 239 g/mol. The molecular weight excluding hydrogens is 225 g/mol. The van der Waals surface area contributed by atoms with E-state index in [-0.39, 0.29) is 30.2 Å². The average Bonchev–Trinajstić information content (AvgIpc) is 2.31. The highest BCUT2D eigenvalue weighted by Gasteiger charge is 2.05. The van der Waals surface area contributed by atoms with Crippen molar-refractivity contribution in [2.75, 3.05) is 13.2 Å². The molecule has 1 aromatic rings. The fraction of sp³-hybridized carbons (Fsp3) is 0.333. The van der Waals surface area contributed by atoms with Crippen LogP contribution >= 0.6 is 0 Å². The minimum atomic E-state index is -0.606. The normalized spacial score (nSPS) is 9.76. The van der Waals surface area contributed by atoms with Gasteiger partial charge in [-0.05, 0) is 25.1 Å². The first kappa shape index (κ1) is 13.2. The van der Waals surface area contributed by atoms with Crippen molar-refractivity contribution in [2.45, 2.75) is 13.3 Å². The van der Waals surface area contributed by atoms with Gasteiger partial charge in [0.2, 0.25) is 5.91 Å². The summed E-state index contributed by atoms with van der Waals surface area (Å²) >= 11 is 0. The number of hydrogen-bond donors (Lipinski definition) is 1. The van der Waals surface area contributed by atoms with Crippen LogP contribution in [0.25, 0.3) is 0 Å². The van der Waals surface area contributed by atoms with Gasteiger partial charge < -0.3 is 10.1 Å². The number of halogens is 1. The molecule has 0 fully saturated rings. The maximum Gasteiger partial charge on any atom is 0.223 e. The van der Waals surface area contributed by atoms with Gasteiger partial charge in [-0.2, -0.15) is 0 Å². The molecule has 1 rings (SSSR count). The van der Waals surface area contributed by atoms with Crippen molar-refractivity contribution in [1.82, 2.24) is 5.32 Å². The van der Waals surface area contributed by atoms with Gasteiger partial charge in [-0.15, -0.1) is 0 Å². The number of ether oxygens (including phenoxy) is 1. The number of carbonyl (C=O) groups excluding carboxylic acids is 2. The van der Waals surface area contributed by atoms with E-state index in [1.54, 1.807) is 0 Å². The van der Waals surface area contributed by atoms with E-state index in [9.17, 15) is 14.0 Å². The molecule has 0 aromatic heterocycles. The summed E-state index contributed by atoms with van der Waals surface area (Å²) in [7, 11) is 0. The van der Waals surface area contributed by atoms with E-state index in [4.69, 9.17) is 4.74 Å². The largest absolute Gasteiger partial charge is 0.490 e. The third-order valence-electron chi connectivity index (χ3n) is 2.05. The molecule has 0 aliphatic heterocycles. The van der Waals surface area contributed by atoms with E-state index in [1.807, 2.05) is 6.92 Å². The van der Waals surface area contributed by atoms with Crippen LogP contribution in [0.15, 0.2) is 18.2 Å². The molecule has 17 heavy (non-hydrogen) atoms. The summed E-state index contributed by atoms with van der Waals surface area (Å²) < 4.78 is 18.4.